The molecule has 1 aromatic rings. The van der Waals surface area contributed by atoms with E-state index in [9.17, 15) is 8.42 Å². The fraction of sp³-hybridized carbons (Fsp3) is 0. The summed E-state index contributed by atoms with van der Waals surface area (Å²) in [6.07, 6.45) is 3.40. The van der Waals surface area contributed by atoms with E-state index in [2.05, 4.69) is 10.6 Å². The Labute approximate surface area is 81.7 Å². The largest absolute Gasteiger partial charge is 0.359 e. The van der Waals surface area contributed by atoms with Gasteiger partial charge in [-0.25, -0.2) is 13.6 Å². The van der Waals surface area contributed by atoms with E-state index in [0.29, 0.717) is 5.69 Å². The van der Waals surface area contributed by atoms with Crippen LogP contribution < -0.4 is 15.8 Å². The van der Waals surface area contributed by atoms with Crippen molar-refractivity contribution in [3.63, 3.8) is 0 Å². The first kappa shape index (κ1) is 9.04. The van der Waals surface area contributed by atoms with Crippen molar-refractivity contribution in [1.82, 2.24) is 0 Å². The van der Waals surface area contributed by atoms with Crippen molar-refractivity contribution in [1.29, 1.82) is 0 Å². The van der Waals surface area contributed by atoms with Crippen LogP contribution in [0.1, 0.15) is 0 Å². The Morgan fingerprint density at radius 2 is 1.71 bits per heavy atom. The molecule has 0 saturated carbocycles. The normalized spacial score (nSPS) is 14.1. The number of sulfonamides is 1. The molecule has 0 amide bonds. The lowest BCUT2D eigenvalue weighted by atomic mass is 10.2. The molecule has 0 unspecified atom stereocenters. The van der Waals surface area contributed by atoms with Gasteiger partial charge in [-0.05, 0) is 18.2 Å². The van der Waals surface area contributed by atoms with E-state index >= 15 is 0 Å². The zero-order valence-electron chi connectivity index (χ0n) is 7.19. The van der Waals surface area contributed by atoms with Crippen LogP contribution in [0, 0.1) is 0 Å². The number of hydrogen-bond donors (Lipinski definition) is 3. The molecule has 0 radical (unpaired) electrons. The van der Waals surface area contributed by atoms with Gasteiger partial charge >= 0.3 is 0 Å². The van der Waals surface area contributed by atoms with Crippen LogP contribution in [0.15, 0.2) is 35.5 Å². The van der Waals surface area contributed by atoms with Gasteiger partial charge in [0.15, 0.2) is 0 Å². The number of anilines is 2. The van der Waals surface area contributed by atoms with Gasteiger partial charge in [-0.3, -0.25) is 0 Å². The summed E-state index contributed by atoms with van der Waals surface area (Å²) in [5, 5.41) is 10.9. The summed E-state index contributed by atoms with van der Waals surface area (Å²) in [7, 11) is -3.63. The van der Waals surface area contributed by atoms with E-state index in [-0.39, 0.29) is 4.90 Å². The van der Waals surface area contributed by atoms with Gasteiger partial charge < -0.3 is 10.6 Å². The molecular formula is C8H9N3O2S. The van der Waals surface area contributed by atoms with Crippen molar-refractivity contribution in [3.8, 4) is 0 Å². The molecule has 0 fully saturated rings. The number of nitrogens with two attached hydrogens (primary N) is 1. The molecule has 4 N–H and O–H groups in total. The molecular weight excluding hydrogens is 202 g/mol. The average molecular weight is 211 g/mol. The SMILES string of the molecule is NS(=O)(=O)c1ccc2c(c1)NC=CN2. The average Bonchev–Trinajstić information content (AvgIpc) is 2.16. The topological polar surface area (TPSA) is 84.2 Å². The van der Waals surface area contributed by atoms with Crippen molar-refractivity contribution in [3.05, 3.63) is 30.6 Å². The second-order valence-electron chi connectivity index (χ2n) is 2.87. The molecule has 0 atom stereocenters. The van der Waals surface area contributed by atoms with Gasteiger partial charge in [0.25, 0.3) is 0 Å². The monoisotopic (exact) mass is 211 g/mol. The summed E-state index contributed by atoms with van der Waals surface area (Å²) >= 11 is 0. The standard InChI is InChI=1S/C8H9N3O2S/c9-14(12,13)6-1-2-7-8(5-6)11-4-3-10-7/h1-5,10-11H,(H2,9,12,13). The number of rotatable bonds is 1. The van der Waals surface area contributed by atoms with Crippen molar-refractivity contribution >= 4 is 21.4 Å². The molecule has 74 valence electrons. The van der Waals surface area contributed by atoms with Crippen LogP contribution in [0.25, 0.3) is 0 Å². The third-order valence-corrected chi connectivity index (χ3v) is 2.79. The zero-order valence-corrected chi connectivity index (χ0v) is 8.01. The van der Waals surface area contributed by atoms with Crippen LogP contribution in [0.4, 0.5) is 11.4 Å². The lowest BCUT2D eigenvalue weighted by molar-refractivity contribution is 0.598. The summed E-state index contributed by atoms with van der Waals surface area (Å²) in [6.45, 7) is 0. The molecule has 6 heteroatoms. The van der Waals surface area contributed by atoms with E-state index < -0.39 is 10.0 Å². The minimum atomic E-state index is -3.63. The Bertz CT molecular complexity index is 493. The number of hydrogen-bond acceptors (Lipinski definition) is 4. The second kappa shape index (κ2) is 3.00. The van der Waals surface area contributed by atoms with E-state index in [1.165, 1.54) is 12.1 Å². The van der Waals surface area contributed by atoms with E-state index in [4.69, 9.17) is 5.14 Å². The molecule has 2 rings (SSSR count). The molecule has 5 nitrogen and oxygen atoms in total. The highest BCUT2D eigenvalue weighted by Crippen LogP contribution is 2.26. The van der Waals surface area contributed by atoms with Crippen LogP contribution in [0.5, 0.6) is 0 Å². The van der Waals surface area contributed by atoms with Crippen LogP contribution in [-0.4, -0.2) is 8.42 Å². The van der Waals surface area contributed by atoms with Crippen molar-refractivity contribution in [2.45, 2.75) is 4.90 Å². The summed E-state index contributed by atoms with van der Waals surface area (Å²) < 4.78 is 22.1. The predicted octanol–water partition coefficient (Wildman–Crippen LogP) is 0.643. The quantitative estimate of drug-likeness (QED) is 0.636. The highest BCUT2D eigenvalue weighted by molar-refractivity contribution is 7.89. The van der Waals surface area contributed by atoms with Crippen LogP contribution in [-0.2, 0) is 10.0 Å². The molecule has 1 aromatic carbocycles. The van der Waals surface area contributed by atoms with E-state index in [0.717, 1.165) is 5.69 Å². The van der Waals surface area contributed by atoms with Crippen LogP contribution in [0.3, 0.4) is 0 Å². The van der Waals surface area contributed by atoms with Crippen LogP contribution in [0.2, 0.25) is 0 Å². The summed E-state index contributed by atoms with van der Waals surface area (Å²) in [5.41, 5.74) is 1.51. The van der Waals surface area contributed by atoms with Gasteiger partial charge in [0.2, 0.25) is 10.0 Å². The van der Waals surface area contributed by atoms with Gasteiger partial charge in [-0.15, -0.1) is 0 Å². The highest BCUT2D eigenvalue weighted by atomic mass is 32.2. The first-order valence-corrected chi connectivity index (χ1v) is 5.47. The maximum atomic E-state index is 11.0. The fourth-order valence-corrected chi connectivity index (χ4v) is 1.75. The predicted molar refractivity (Wildman–Crippen MR) is 54.2 cm³/mol. The third-order valence-electron chi connectivity index (χ3n) is 1.88. The fourth-order valence-electron chi connectivity index (χ4n) is 1.21. The lowest BCUT2D eigenvalue weighted by Gasteiger charge is -2.14. The van der Waals surface area contributed by atoms with Gasteiger partial charge in [-0.2, -0.15) is 0 Å². The summed E-state index contributed by atoms with van der Waals surface area (Å²) in [5.74, 6) is 0. The maximum Gasteiger partial charge on any atom is 0.238 e. The molecule has 0 bridgehead atoms. The minimum Gasteiger partial charge on any atom is -0.359 e. The number of fused-ring (bicyclic) bond motifs is 1. The van der Waals surface area contributed by atoms with Crippen LogP contribution >= 0.6 is 0 Å². The Hall–Kier alpha value is -1.53. The van der Waals surface area contributed by atoms with Crippen molar-refractivity contribution in [2.75, 3.05) is 10.6 Å². The zero-order chi connectivity index (χ0) is 10.2. The van der Waals surface area contributed by atoms with Gasteiger partial charge in [0.1, 0.15) is 0 Å². The smallest absolute Gasteiger partial charge is 0.238 e. The number of benzene rings is 1. The van der Waals surface area contributed by atoms with Gasteiger partial charge in [-0.1, -0.05) is 0 Å². The Morgan fingerprint density at radius 1 is 1.07 bits per heavy atom. The number of primary sulfonamides is 1. The third kappa shape index (κ3) is 1.57. The molecule has 0 saturated heterocycles. The number of nitrogens with one attached hydrogen (secondary N) is 2. The Kier molecular flexibility index (Phi) is 1.94. The first-order chi connectivity index (χ1) is 6.57. The minimum absolute atomic E-state index is 0.0980. The van der Waals surface area contributed by atoms with Gasteiger partial charge in [0, 0.05) is 12.4 Å². The highest BCUT2D eigenvalue weighted by Gasteiger charge is 2.11. The molecule has 1 heterocycles. The van der Waals surface area contributed by atoms with Gasteiger partial charge in [0.05, 0.1) is 16.3 Å². The lowest BCUT2D eigenvalue weighted by Crippen LogP contribution is -2.13. The molecule has 0 aliphatic carbocycles. The molecule has 0 aromatic heterocycles. The molecule has 14 heavy (non-hydrogen) atoms. The second-order valence-corrected chi connectivity index (χ2v) is 4.44. The Balaban J connectivity index is 2.52. The summed E-state index contributed by atoms with van der Waals surface area (Å²) in [4.78, 5) is 0.0980. The first-order valence-electron chi connectivity index (χ1n) is 3.92. The van der Waals surface area contributed by atoms with E-state index in [1.54, 1.807) is 18.5 Å². The Morgan fingerprint density at radius 3 is 2.36 bits per heavy atom. The van der Waals surface area contributed by atoms with E-state index in [1.807, 2.05) is 0 Å². The molecule has 1 aliphatic rings. The summed E-state index contributed by atoms with van der Waals surface area (Å²) in [6, 6.07) is 4.61. The maximum absolute atomic E-state index is 11.0. The van der Waals surface area contributed by atoms with Crippen molar-refractivity contribution < 1.29 is 8.42 Å². The molecule has 1 aliphatic heterocycles. The van der Waals surface area contributed by atoms with Crippen molar-refractivity contribution in [2.24, 2.45) is 5.14 Å². The molecule has 0 spiro atoms.